The number of piperidine rings is 1. The third-order valence-corrected chi connectivity index (χ3v) is 4.39. The molecule has 0 atom stereocenters. The van der Waals surface area contributed by atoms with Gasteiger partial charge in [0.1, 0.15) is 0 Å². The van der Waals surface area contributed by atoms with Crippen molar-refractivity contribution in [2.75, 3.05) is 59.0 Å². The van der Waals surface area contributed by atoms with Gasteiger partial charge in [0, 0.05) is 26.2 Å². The zero-order chi connectivity index (χ0) is 12.1. The van der Waals surface area contributed by atoms with Gasteiger partial charge in [-0.05, 0) is 37.9 Å². The maximum absolute atomic E-state index is 5.83. The number of ether oxygens (including phenoxy) is 1. The van der Waals surface area contributed by atoms with Crippen molar-refractivity contribution in [1.82, 2.24) is 9.80 Å². The van der Waals surface area contributed by atoms with Crippen molar-refractivity contribution in [3.05, 3.63) is 0 Å². The van der Waals surface area contributed by atoms with Crippen LogP contribution in [0.3, 0.4) is 0 Å². The largest absolute Gasteiger partial charge is 0.379 e. The quantitative estimate of drug-likeness (QED) is 0.772. The summed E-state index contributed by atoms with van der Waals surface area (Å²) in [6, 6.07) is 0. The lowest BCUT2D eigenvalue weighted by Crippen LogP contribution is -2.46. The molecule has 0 aromatic rings. The molecule has 0 bridgehead atoms. The Bertz CT molecular complexity index is 221. The van der Waals surface area contributed by atoms with Gasteiger partial charge in [0.15, 0.2) is 0 Å². The molecule has 0 spiro atoms. The zero-order valence-electron chi connectivity index (χ0n) is 11.2. The van der Waals surface area contributed by atoms with Crippen LogP contribution in [0.25, 0.3) is 0 Å². The van der Waals surface area contributed by atoms with Crippen molar-refractivity contribution in [2.24, 2.45) is 11.1 Å². The summed E-state index contributed by atoms with van der Waals surface area (Å²) < 4.78 is 5.36. The van der Waals surface area contributed by atoms with Crippen molar-refractivity contribution in [3.63, 3.8) is 0 Å². The number of likely N-dealkylation sites (tertiary alicyclic amines) is 1. The SMILES string of the molecule is CC1(CN)CCN(CCN2CCOCC2)CC1. The lowest BCUT2D eigenvalue weighted by Gasteiger charge is -2.39. The maximum Gasteiger partial charge on any atom is 0.0594 e. The van der Waals surface area contributed by atoms with Gasteiger partial charge in [-0.25, -0.2) is 0 Å². The van der Waals surface area contributed by atoms with Crippen LogP contribution in [0.2, 0.25) is 0 Å². The van der Waals surface area contributed by atoms with Crippen molar-refractivity contribution in [1.29, 1.82) is 0 Å². The second-order valence-electron chi connectivity index (χ2n) is 5.81. The predicted molar refractivity (Wildman–Crippen MR) is 70.1 cm³/mol. The molecule has 0 unspecified atom stereocenters. The molecule has 0 aliphatic carbocycles. The third kappa shape index (κ3) is 3.91. The van der Waals surface area contributed by atoms with E-state index in [9.17, 15) is 0 Å². The normalized spacial score (nSPS) is 27.2. The Morgan fingerprint density at radius 3 is 2.06 bits per heavy atom. The first kappa shape index (κ1) is 13.3. The van der Waals surface area contributed by atoms with Gasteiger partial charge < -0.3 is 15.4 Å². The van der Waals surface area contributed by atoms with Crippen molar-refractivity contribution in [3.8, 4) is 0 Å². The fraction of sp³-hybridized carbons (Fsp3) is 1.00. The van der Waals surface area contributed by atoms with Gasteiger partial charge >= 0.3 is 0 Å². The summed E-state index contributed by atoms with van der Waals surface area (Å²) in [5, 5.41) is 0. The molecule has 0 aromatic carbocycles. The van der Waals surface area contributed by atoms with E-state index in [2.05, 4.69) is 16.7 Å². The Morgan fingerprint density at radius 2 is 1.53 bits per heavy atom. The van der Waals surface area contributed by atoms with Crippen LogP contribution in [0.5, 0.6) is 0 Å². The van der Waals surface area contributed by atoms with E-state index < -0.39 is 0 Å². The molecule has 4 nitrogen and oxygen atoms in total. The highest BCUT2D eigenvalue weighted by atomic mass is 16.5. The molecule has 2 aliphatic heterocycles. The van der Waals surface area contributed by atoms with Gasteiger partial charge in [-0.2, -0.15) is 0 Å². The molecule has 2 heterocycles. The Morgan fingerprint density at radius 1 is 1.00 bits per heavy atom. The average Bonchev–Trinajstić information content (AvgIpc) is 2.39. The van der Waals surface area contributed by atoms with Gasteiger partial charge in [0.2, 0.25) is 0 Å². The zero-order valence-corrected chi connectivity index (χ0v) is 11.2. The first-order chi connectivity index (χ1) is 8.22. The van der Waals surface area contributed by atoms with E-state index in [0.29, 0.717) is 5.41 Å². The van der Waals surface area contributed by atoms with Crippen molar-refractivity contribution in [2.45, 2.75) is 19.8 Å². The fourth-order valence-corrected chi connectivity index (χ4v) is 2.63. The second kappa shape index (κ2) is 6.14. The molecule has 2 saturated heterocycles. The number of nitrogens with zero attached hydrogens (tertiary/aromatic N) is 2. The number of hydrogen-bond acceptors (Lipinski definition) is 4. The molecule has 2 N–H and O–H groups in total. The molecule has 2 aliphatic rings. The summed E-state index contributed by atoms with van der Waals surface area (Å²) in [7, 11) is 0. The van der Waals surface area contributed by atoms with Gasteiger partial charge in [-0.15, -0.1) is 0 Å². The molecular formula is C13H27N3O. The van der Waals surface area contributed by atoms with E-state index in [-0.39, 0.29) is 0 Å². The van der Waals surface area contributed by atoms with Crippen LogP contribution in [0, 0.1) is 5.41 Å². The van der Waals surface area contributed by atoms with Gasteiger partial charge in [0.25, 0.3) is 0 Å². The van der Waals surface area contributed by atoms with Crippen LogP contribution in [0.15, 0.2) is 0 Å². The molecular weight excluding hydrogens is 214 g/mol. The van der Waals surface area contributed by atoms with E-state index in [1.54, 1.807) is 0 Å². The molecule has 17 heavy (non-hydrogen) atoms. The minimum absolute atomic E-state index is 0.398. The molecule has 100 valence electrons. The van der Waals surface area contributed by atoms with Crippen LogP contribution < -0.4 is 5.73 Å². The first-order valence-electron chi connectivity index (χ1n) is 6.94. The van der Waals surface area contributed by atoms with E-state index in [1.165, 1.54) is 39.0 Å². The summed E-state index contributed by atoms with van der Waals surface area (Å²) in [5.41, 5.74) is 6.23. The lowest BCUT2D eigenvalue weighted by atomic mass is 9.80. The average molecular weight is 241 g/mol. The highest BCUT2D eigenvalue weighted by Gasteiger charge is 2.28. The number of morpholine rings is 1. The van der Waals surface area contributed by atoms with Gasteiger partial charge in [0.05, 0.1) is 13.2 Å². The van der Waals surface area contributed by atoms with Crippen LogP contribution in [-0.4, -0.2) is 68.8 Å². The molecule has 0 saturated carbocycles. The molecule has 0 radical (unpaired) electrons. The van der Waals surface area contributed by atoms with Crippen molar-refractivity contribution < 1.29 is 4.74 Å². The summed E-state index contributed by atoms with van der Waals surface area (Å²) in [6.45, 7) is 12.0. The highest BCUT2D eigenvalue weighted by Crippen LogP contribution is 2.29. The third-order valence-electron chi connectivity index (χ3n) is 4.39. The van der Waals surface area contributed by atoms with Gasteiger partial charge in [-0.1, -0.05) is 6.92 Å². The standard InChI is InChI=1S/C13H27N3O/c1-13(12-14)2-4-15(5-3-13)6-7-16-8-10-17-11-9-16/h2-12,14H2,1H3. The highest BCUT2D eigenvalue weighted by molar-refractivity contribution is 4.83. The van der Waals surface area contributed by atoms with Crippen molar-refractivity contribution >= 4 is 0 Å². The van der Waals surface area contributed by atoms with Gasteiger partial charge in [-0.3, -0.25) is 4.90 Å². The Labute approximate surface area is 105 Å². The predicted octanol–water partition coefficient (Wildman–Crippen LogP) is 0.379. The Hall–Kier alpha value is -0.160. The van der Waals surface area contributed by atoms with E-state index in [0.717, 1.165) is 32.8 Å². The summed E-state index contributed by atoms with van der Waals surface area (Å²) in [5.74, 6) is 0. The molecule has 4 heteroatoms. The number of rotatable bonds is 4. The van der Waals surface area contributed by atoms with E-state index in [4.69, 9.17) is 10.5 Å². The van der Waals surface area contributed by atoms with E-state index in [1.807, 2.05) is 0 Å². The smallest absolute Gasteiger partial charge is 0.0594 e. The summed E-state index contributed by atoms with van der Waals surface area (Å²) in [4.78, 5) is 5.10. The fourth-order valence-electron chi connectivity index (χ4n) is 2.63. The second-order valence-corrected chi connectivity index (χ2v) is 5.81. The topological polar surface area (TPSA) is 41.7 Å². The molecule has 2 rings (SSSR count). The summed E-state index contributed by atoms with van der Waals surface area (Å²) in [6.07, 6.45) is 2.51. The van der Waals surface area contributed by atoms with E-state index >= 15 is 0 Å². The summed E-state index contributed by atoms with van der Waals surface area (Å²) >= 11 is 0. The Balaban J connectivity index is 1.64. The number of hydrogen-bond donors (Lipinski definition) is 1. The van der Waals surface area contributed by atoms with Crippen LogP contribution in [-0.2, 0) is 4.74 Å². The molecule has 0 amide bonds. The monoisotopic (exact) mass is 241 g/mol. The molecule has 0 aromatic heterocycles. The first-order valence-corrected chi connectivity index (χ1v) is 6.94. The van der Waals surface area contributed by atoms with Crippen LogP contribution in [0.4, 0.5) is 0 Å². The Kier molecular flexibility index (Phi) is 4.79. The maximum atomic E-state index is 5.83. The minimum atomic E-state index is 0.398. The van der Waals surface area contributed by atoms with Crippen LogP contribution in [0.1, 0.15) is 19.8 Å². The molecule has 2 fully saturated rings. The number of nitrogens with two attached hydrogens (primary N) is 1. The van der Waals surface area contributed by atoms with Crippen LogP contribution >= 0.6 is 0 Å². The lowest BCUT2D eigenvalue weighted by molar-refractivity contribution is 0.0292. The minimum Gasteiger partial charge on any atom is -0.379 e.